The van der Waals surface area contributed by atoms with E-state index in [9.17, 15) is 15.2 Å². The number of carbonyl (C=O) groups is 1. The number of para-hydroxylation sites is 2. The molecule has 0 fully saturated rings. The van der Waals surface area contributed by atoms with Gasteiger partial charge in [0.1, 0.15) is 11.8 Å². The van der Waals surface area contributed by atoms with Crippen molar-refractivity contribution >= 4 is 22.6 Å². The highest BCUT2D eigenvalue weighted by atomic mass is 16.5. The fraction of sp³-hybridized carbons (Fsp3) is 0.120. The van der Waals surface area contributed by atoms with Crippen molar-refractivity contribution in [2.24, 2.45) is 0 Å². The Morgan fingerprint density at radius 1 is 1.10 bits per heavy atom. The first kappa shape index (κ1) is 20.0. The number of nitrogens with one attached hydrogen (secondary N) is 1. The molecule has 31 heavy (non-hydrogen) atoms. The molecule has 0 aliphatic heterocycles. The third kappa shape index (κ3) is 3.81. The van der Waals surface area contributed by atoms with Gasteiger partial charge in [0.2, 0.25) is 0 Å². The Bertz CT molecular complexity index is 1270. The molecule has 0 aliphatic carbocycles. The summed E-state index contributed by atoms with van der Waals surface area (Å²) in [6.07, 6.45) is 0. The fourth-order valence-corrected chi connectivity index (χ4v) is 3.68. The quantitative estimate of drug-likeness (QED) is 0.436. The average Bonchev–Trinajstić information content (AvgIpc) is 3.11. The number of nitriles is 1. The van der Waals surface area contributed by atoms with Gasteiger partial charge >= 0.3 is 5.97 Å². The molecular formula is C25H21N3O3. The summed E-state index contributed by atoms with van der Waals surface area (Å²) in [5, 5.41) is 23.6. The first-order valence-corrected chi connectivity index (χ1v) is 9.96. The Hall–Kier alpha value is -4.24. The maximum Gasteiger partial charge on any atom is 0.340 e. The maximum absolute atomic E-state index is 13.0. The molecule has 0 bridgehead atoms. The maximum atomic E-state index is 13.0. The number of phenolic OH excluding ortho intramolecular Hbond substituents is 1. The van der Waals surface area contributed by atoms with Crippen LogP contribution < -0.4 is 5.32 Å². The standard InChI is InChI=1S/C25H21N3O3/c1-2-31-25(30)24-20-14-23(29)17(15-26)13-21(20)28(19-11-7-4-8-12-19)22(24)16-27-18-9-5-3-6-10-18/h3-14,27,29H,2,16H2,1H3. The minimum absolute atomic E-state index is 0.139. The van der Waals surface area contributed by atoms with Crippen molar-refractivity contribution in [3.63, 3.8) is 0 Å². The molecule has 6 nitrogen and oxygen atoms in total. The summed E-state index contributed by atoms with van der Waals surface area (Å²) in [6.45, 7) is 2.32. The molecule has 0 amide bonds. The van der Waals surface area contributed by atoms with Crippen LogP contribution in [0.25, 0.3) is 16.6 Å². The summed E-state index contributed by atoms with van der Waals surface area (Å²) in [5.41, 5.74) is 3.57. The van der Waals surface area contributed by atoms with Crippen molar-refractivity contribution in [1.82, 2.24) is 4.57 Å². The molecule has 0 atom stereocenters. The van der Waals surface area contributed by atoms with Gasteiger partial charge in [-0.25, -0.2) is 4.79 Å². The second-order valence-corrected chi connectivity index (χ2v) is 6.93. The molecule has 0 saturated heterocycles. The molecule has 0 aliphatic rings. The SMILES string of the molecule is CCOC(=O)c1c(CNc2ccccc2)n(-c2ccccc2)c2cc(C#N)c(O)cc12. The Morgan fingerprint density at radius 3 is 2.42 bits per heavy atom. The van der Waals surface area contributed by atoms with Gasteiger partial charge in [-0.15, -0.1) is 0 Å². The topological polar surface area (TPSA) is 87.3 Å². The number of fused-ring (bicyclic) bond motifs is 1. The number of esters is 1. The number of aromatic hydroxyl groups is 1. The lowest BCUT2D eigenvalue weighted by molar-refractivity contribution is 0.0527. The first-order chi connectivity index (χ1) is 15.1. The van der Waals surface area contributed by atoms with Crippen LogP contribution in [0.4, 0.5) is 5.69 Å². The minimum atomic E-state index is -0.476. The van der Waals surface area contributed by atoms with Gasteiger partial charge in [-0.2, -0.15) is 5.26 Å². The molecule has 6 heteroatoms. The Kier molecular flexibility index (Phi) is 5.59. The zero-order valence-electron chi connectivity index (χ0n) is 17.0. The zero-order chi connectivity index (χ0) is 21.8. The monoisotopic (exact) mass is 411 g/mol. The summed E-state index contributed by atoms with van der Waals surface area (Å²) in [6, 6.07) is 24.3. The number of rotatable bonds is 6. The van der Waals surface area contributed by atoms with Gasteiger partial charge in [0.25, 0.3) is 0 Å². The van der Waals surface area contributed by atoms with Crippen LogP contribution in [0.2, 0.25) is 0 Å². The number of nitrogens with zero attached hydrogens (tertiary/aromatic N) is 2. The van der Waals surface area contributed by atoms with Gasteiger partial charge in [0.05, 0.1) is 35.5 Å². The summed E-state index contributed by atoms with van der Waals surface area (Å²) in [5.74, 6) is -0.649. The van der Waals surface area contributed by atoms with E-state index in [1.54, 1.807) is 13.0 Å². The molecule has 1 heterocycles. The second kappa shape index (κ2) is 8.64. The van der Waals surface area contributed by atoms with Gasteiger partial charge < -0.3 is 19.7 Å². The van der Waals surface area contributed by atoms with E-state index in [0.717, 1.165) is 11.4 Å². The molecule has 4 rings (SSSR count). The fourth-order valence-electron chi connectivity index (χ4n) is 3.68. The highest BCUT2D eigenvalue weighted by Crippen LogP contribution is 2.35. The van der Waals surface area contributed by atoms with Crippen LogP contribution >= 0.6 is 0 Å². The lowest BCUT2D eigenvalue weighted by atomic mass is 10.1. The van der Waals surface area contributed by atoms with Gasteiger partial charge in [-0.05, 0) is 43.3 Å². The van der Waals surface area contributed by atoms with Crippen molar-refractivity contribution in [1.29, 1.82) is 5.26 Å². The minimum Gasteiger partial charge on any atom is -0.507 e. The molecular weight excluding hydrogens is 390 g/mol. The summed E-state index contributed by atoms with van der Waals surface area (Å²) >= 11 is 0. The highest BCUT2D eigenvalue weighted by Gasteiger charge is 2.25. The van der Waals surface area contributed by atoms with Crippen LogP contribution in [-0.2, 0) is 11.3 Å². The number of anilines is 1. The van der Waals surface area contributed by atoms with E-state index in [2.05, 4.69) is 5.32 Å². The van der Waals surface area contributed by atoms with Crippen LogP contribution in [0.3, 0.4) is 0 Å². The van der Waals surface area contributed by atoms with Crippen molar-refractivity contribution in [2.75, 3.05) is 11.9 Å². The van der Waals surface area contributed by atoms with E-state index in [4.69, 9.17) is 4.74 Å². The van der Waals surface area contributed by atoms with E-state index in [-0.39, 0.29) is 17.9 Å². The number of ether oxygens (including phenoxy) is 1. The number of hydrogen-bond donors (Lipinski definition) is 2. The number of benzene rings is 3. The van der Waals surface area contributed by atoms with Gasteiger partial charge in [0.15, 0.2) is 0 Å². The predicted molar refractivity (Wildman–Crippen MR) is 119 cm³/mol. The molecule has 0 radical (unpaired) electrons. The predicted octanol–water partition coefficient (Wildman–Crippen LogP) is 5.00. The molecule has 154 valence electrons. The Morgan fingerprint density at radius 2 is 1.77 bits per heavy atom. The van der Waals surface area contributed by atoms with Crippen molar-refractivity contribution in [3.05, 3.63) is 89.6 Å². The molecule has 3 aromatic carbocycles. The first-order valence-electron chi connectivity index (χ1n) is 9.96. The van der Waals surface area contributed by atoms with E-state index >= 15 is 0 Å². The molecule has 4 aromatic rings. The molecule has 0 saturated carbocycles. The highest BCUT2D eigenvalue weighted by molar-refractivity contribution is 6.07. The summed E-state index contributed by atoms with van der Waals surface area (Å²) in [7, 11) is 0. The lowest BCUT2D eigenvalue weighted by Gasteiger charge is -2.14. The van der Waals surface area contributed by atoms with Crippen molar-refractivity contribution in [3.8, 4) is 17.5 Å². The number of aromatic nitrogens is 1. The van der Waals surface area contributed by atoms with Crippen LogP contribution in [0, 0.1) is 11.3 Å². The Balaban J connectivity index is 1.99. The Labute approximate surface area is 179 Å². The van der Waals surface area contributed by atoms with Gasteiger partial charge in [-0.3, -0.25) is 0 Å². The van der Waals surface area contributed by atoms with Gasteiger partial charge in [0, 0.05) is 16.8 Å². The third-order valence-corrected chi connectivity index (χ3v) is 5.03. The third-order valence-electron chi connectivity index (χ3n) is 5.03. The summed E-state index contributed by atoms with van der Waals surface area (Å²) < 4.78 is 7.28. The average molecular weight is 411 g/mol. The lowest BCUT2D eigenvalue weighted by Crippen LogP contribution is -2.13. The van der Waals surface area contributed by atoms with Gasteiger partial charge in [-0.1, -0.05) is 36.4 Å². The number of hydrogen-bond acceptors (Lipinski definition) is 5. The summed E-state index contributed by atoms with van der Waals surface area (Å²) in [4.78, 5) is 13.0. The molecule has 2 N–H and O–H groups in total. The normalized spacial score (nSPS) is 10.6. The molecule has 0 unspecified atom stereocenters. The smallest absolute Gasteiger partial charge is 0.340 e. The molecule has 1 aromatic heterocycles. The molecule has 0 spiro atoms. The van der Waals surface area contributed by atoms with E-state index in [0.29, 0.717) is 28.7 Å². The zero-order valence-corrected chi connectivity index (χ0v) is 17.0. The van der Waals surface area contributed by atoms with E-state index in [1.807, 2.05) is 71.3 Å². The van der Waals surface area contributed by atoms with Crippen LogP contribution in [0.1, 0.15) is 28.5 Å². The van der Waals surface area contributed by atoms with Crippen molar-refractivity contribution < 1.29 is 14.6 Å². The van der Waals surface area contributed by atoms with E-state index < -0.39 is 5.97 Å². The van der Waals surface area contributed by atoms with Crippen LogP contribution in [-0.4, -0.2) is 22.2 Å². The van der Waals surface area contributed by atoms with Crippen molar-refractivity contribution in [2.45, 2.75) is 13.5 Å². The van der Waals surface area contributed by atoms with E-state index in [1.165, 1.54) is 6.07 Å². The van der Waals surface area contributed by atoms with Crippen LogP contribution in [0.15, 0.2) is 72.8 Å². The number of carbonyl (C=O) groups excluding carboxylic acids is 1. The van der Waals surface area contributed by atoms with Crippen LogP contribution in [0.5, 0.6) is 5.75 Å². The second-order valence-electron chi connectivity index (χ2n) is 6.93. The number of phenols is 1. The largest absolute Gasteiger partial charge is 0.507 e.